The van der Waals surface area contributed by atoms with Crippen LogP contribution in [0.15, 0.2) is 72.4 Å². The number of anilines is 1. The molecule has 236 valence electrons. The van der Waals surface area contributed by atoms with Gasteiger partial charge in [0.1, 0.15) is 5.75 Å². The number of hydrazine groups is 1. The van der Waals surface area contributed by atoms with E-state index in [1.54, 1.807) is 36.4 Å². The van der Waals surface area contributed by atoms with Crippen LogP contribution in [0.4, 0.5) is 19.0 Å². The fourth-order valence-corrected chi connectivity index (χ4v) is 8.07. The lowest BCUT2D eigenvalue weighted by Crippen LogP contribution is -2.53. The second kappa shape index (κ2) is 10.6. The molecule has 7 rings (SSSR count). The number of aromatic nitrogens is 1. The highest BCUT2D eigenvalue weighted by molar-refractivity contribution is 6.33. The third-order valence-electron chi connectivity index (χ3n) is 9.63. The van der Waals surface area contributed by atoms with Crippen LogP contribution in [-0.2, 0) is 30.8 Å². The summed E-state index contributed by atoms with van der Waals surface area (Å²) in [5.41, 5.74) is 1.51. The maximum atomic E-state index is 14.9. The number of aromatic hydroxyl groups is 1. The number of nitrogens with one attached hydrogen (secondary N) is 2. The molecule has 0 radical (unpaired) electrons. The first-order valence-corrected chi connectivity index (χ1v) is 15.1. The summed E-state index contributed by atoms with van der Waals surface area (Å²) in [5.74, 6) is -6.66. The first-order chi connectivity index (χ1) is 21.8. The van der Waals surface area contributed by atoms with Crippen molar-refractivity contribution in [3.8, 4) is 5.75 Å². The van der Waals surface area contributed by atoms with Gasteiger partial charge in [0.05, 0.1) is 33.8 Å². The van der Waals surface area contributed by atoms with Gasteiger partial charge in [-0.2, -0.15) is 18.2 Å². The minimum atomic E-state index is -4.73. The van der Waals surface area contributed by atoms with Gasteiger partial charge in [-0.1, -0.05) is 59.1 Å². The first kappa shape index (κ1) is 30.2. The Kier molecular flexibility index (Phi) is 6.94. The van der Waals surface area contributed by atoms with Gasteiger partial charge in [0.25, 0.3) is 11.8 Å². The molecule has 2 aliphatic heterocycles. The second-order valence-corrected chi connectivity index (χ2v) is 12.7. The third-order valence-corrected chi connectivity index (χ3v) is 10.2. The number of phenolic OH excluding ortho intramolecular Hbond substituents is 1. The molecule has 0 spiro atoms. The Morgan fingerprint density at radius 1 is 0.978 bits per heavy atom. The number of phenols is 1. The molecule has 2 saturated heterocycles. The van der Waals surface area contributed by atoms with Crippen LogP contribution in [0.3, 0.4) is 0 Å². The summed E-state index contributed by atoms with van der Waals surface area (Å²) >= 11 is 12.4. The van der Waals surface area contributed by atoms with Crippen molar-refractivity contribution in [2.45, 2.75) is 30.4 Å². The molecule has 46 heavy (non-hydrogen) atoms. The predicted molar refractivity (Wildman–Crippen MR) is 158 cm³/mol. The smallest absolute Gasteiger partial charge is 0.417 e. The number of benzene rings is 2. The fourth-order valence-electron chi connectivity index (χ4n) is 7.74. The summed E-state index contributed by atoms with van der Waals surface area (Å²) in [6.07, 6.45) is -2.08. The van der Waals surface area contributed by atoms with E-state index in [4.69, 9.17) is 23.2 Å². The van der Waals surface area contributed by atoms with E-state index in [0.717, 1.165) is 5.01 Å². The molecule has 6 atom stereocenters. The lowest BCUT2D eigenvalue weighted by Gasteiger charge is -2.50. The Morgan fingerprint density at radius 3 is 2.33 bits per heavy atom. The van der Waals surface area contributed by atoms with Gasteiger partial charge in [-0.15, -0.1) is 0 Å². The molecule has 2 aliphatic carbocycles. The summed E-state index contributed by atoms with van der Waals surface area (Å²) in [6, 6.07) is 13.2. The second-order valence-electron chi connectivity index (χ2n) is 11.9. The number of carbonyl (C=O) groups is 4. The summed E-state index contributed by atoms with van der Waals surface area (Å²) in [7, 11) is 0. The highest BCUT2D eigenvalue weighted by Gasteiger charge is 2.70. The summed E-state index contributed by atoms with van der Waals surface area (Å²) < 4.78 is 39.9. The number of rotatable bonds is 4. The monoisotopic (exact) mass is 670 g/mol. The quantitative estimate of drug-likeness (QED) is 0.251. The molecule has 0 unspecified atom stereocenters. The van der Waals surface area contributed by atoms with Crippen molar-refractivity contribution in [1.82, 2.24) is 15.3 Å². The lowest BCUT2D eigenvalue weighted by molar-refractivity contribution is -0.139. The van der Waals surface area contributed by atoms with E-state index in [-0.39, 0.29) is 24.4 Å². The van der Waals surface area contributed by atoms with Gasteiger partial charge in [0, 0.05) is 17.1 Å². The summed E-state index contributed by atoms with van der Waals surface area (Å²) in [6.45, 7) is 0. The van der Waals surface area contributed by atoms with Crippen LogP contribution in [0.5, 0.6) is 5.75 Å². The molecule has 4 aliphatic rings. The van der Waals surface area contributed by atoms with Gasteiger partial charge in [-0.3, -0.25) is 29.9 Å². The minimum absolute atomic E-state index is 0.0157. The van der Waals surface area contributed by atoms with E-state index < -0.39 is 75.4 Å². The van der Waals surface area contributed by atoms with Crippen molar-refractivity contribution in [2.24, 2.45) is 23.7 Å². The van der Waals surface area contributed by atoms with Crippen LogP contribution in [0.25, 0.3) is 0 Å². The van der Waals surface area contributed by atoms with Gasteiger partial charge in [-0.05, 0) is 60.2 Å². The Hall–Kier alpha value is -4.42. The van der Waals surface area contributed by atoms with Crippen molar-refractivity contribution in [3.05, 3.63) is 99.2 Å². The van der Waals surface area contributed by atoms with E-state index >= 15 is 0 Å². The number of halogens is 5. The van der Waals surface area contributed by atoms with Crippen LogP contribution in [0, 0.1) is 23.7 Å². The average Bonchev–Trinajstić information content (AvgIpc) is 3.42. The van der Waals surface area contributed by atoms with Gasteiger partial charge >= 0.3 is 6.18 Å². The molecule has 3 N–H and O–H groups in total. The van der Waals surface area contributed by atoms with Crippen LogP contribution >= 0.6 is 23.2 Å². The number of imide groups is 2. The molecule has 4 amide bonds. The standard InChI is InChI=1S/C32H23Cl2F3N4O5/c33-17-5-3-15(4-6-17)31-22(29(45)41(30(31)46)40-26-23(34)11-16(13-38-26)32(35,36)37)12-21-19(25(31)14-1-7-18(42)8-2-14)9-10-20-24(21)28(44)39-27(20)43/h1-9,11,13,20-22,24-25,42H,10,12H2,(H,38,40)(H,39,43,44)/t20-,21+,22-,24-,25-,31+/m0/s1. The van der Waals surface area contributed by atoms with Gasteiger partial charge in [-0.25, -0.2) is 4.98 Å². The summed E-state index contributed by atoms with van der Waals surface area (Å²) in [4.78, 5) is 58.9. The van der Waals surface area contributed by atoms with Gasteiger partial charge in [0.2, 0.25) is 11.8 Å². The third kappa shape index (κ3) is 4.41. The molecule has 9 nitrogen and oxygen atoms in total. The Morgan fingerprint density at radius 2 is 1.67 bits per heavy atom. The first-order valence-electron chi connectivity index (χ1n) is 14.3. The largest absolute Gasteiger partial charge is 0.508 e. The number of hydrogen-bond acceptors (Lipinski definition) is 7. The number of pyridine rings is 1. The van der Waals surface area contributed by atoms with E-state index in [1.807, 2.05) is 6.08 Å². The van der Waals surface area contributed by atoms with Crippen molar-refractivity contribution >= 4 is 52.6 Å². The zero-order valence-electron chi connectivity index (χ0n) is 23.5. The Balaban J connectivity index is 1.43. The number of carbonyl (C=O) groups excluding carboxylic acids is 4. The molecule has 0 bridgehead atoms. The van der Waals surface area contributed by atoms with E-state index in [2.05, 4.69) is 15.7 Å². The zero-order valence-corrected chi connectivity index (χ0v) is 25.0. The number of fused-ring (bicyclic) bond motifs is 4. The van der Waals surface area contributed by atoms with Crippen molar-refractivity contribution in [3.63, 3.8) is 0 Å². The number of amides is 4. The zero-order chi connectivity index (χ0) is 32.7. The molecule has 3 aromatic rings. The Labute approximate surface area is 269 Å². The van der Waals surface area contributed by atoms with Crippen molar-refractivity contribution in [2.75, 3.05) is 5.43 Å². The van der Waals surface area contributed by atoms with Crippen molar-refractivity contribution in [1.29, 1.82) is 0 Å². The predicted octanol–water partition coefficient (Wildman–Crippen LogP) is 5.39. The fraction of sp³-hybridized carbons (Fsp3) is 0.281. The molecular formula is C32H23Cl2F3N4O5. The molecule has 1 saturated carbocycles. The van der Waals surface area contributed by atoms with Crippen LogP contribution < -0.4 is 10.7 Å². The highest BCUT2D eigenvalue weighted by atomic mass is 35.5. The van der Waals surface area contributed by atoms with Crippen LogP contribution in [0.2, 0.25) is 10.0 Å². The molecule has 1 aromatic heterocycles. The number of allylic oxidation sites excluding steroid dienone is 2. The maximum Gasteiger partial charge on any atom is 0.417 e. The molecular weight excluding hydrogens is 648 g/mol. The van der Waals surface area contributed by atoms with E-state index in [0.29, 0.717) is 34.0 Å². The van der Waals surface area contributed by atoms with Crippen LogP contribution in [-0.4, -0.2) is 38.7 Å². The normalized spacial score (nSPS) is 28.8. The average molecular weight is 671 g/mol. The minimum Gasteiger partial charge on any atom is -0.508 e. The van der Waals surface area contributed by atoms with Gasteiger partial charge in [0.15, 0.2) is 5.82 Å². The van der Waals surface area contributed by atoms with Gasteiger partial charge < -0.3 is 5.11 Å². The van der Waals surface area contributed by atoms with E-state index in [9.17, 15) is 37.5 Å². The molecule has 3 fully saturated rings. The molecule has 14 heteroatoms. The molecule has 2 aromatic carbocycles. The highest BCUT2D eigenvalue weighted by Crippen LogP contribution is 2.63. The Bertz CT molecular complexity index is 1850. The molecule has 3 heterocycles. The topological polar surface area (TPSA) is 129 Å². The number of hydrogen-bond donors (Lipinski definition) is 3. The number of alkyl halides is 3. The maximum absolute atomic E-state index is 14.9. The lowest BCUT2D eigenvalue weighted by atomic mass is 9.49. The summed E-state index contributed by atoms with van der Waals surface area (Å²) in [5, 5.41) is 13.2. The number of nitrogens with zero attached hydrogens (tertiary/aromatic N) is 2. The van der Waals surface area contributed by atoms with E-state index in [1.165, 1.54) is 12.1 Å². The van der Waals surface area contributed by atoms with Crippen molar-refractivity contribution < 1.29 is 37.5 Å². The SMILES string of the molecule is O=C1NC(=O)[C@H]2CC=C3[C@@H](C[C@H]4C(=O)N(Nc5ncc(C(F)(F)F)cc5Cl)C(=O)[C@@]4(c4ccc(Cl)cc4)[C@H]3c3ccc(O)cc3)[C@@H]12. The van der Waals surface area contributed by atoms with Crippen LogP contribution in [0.1, 0.15) is 35.4 Å².